The minimum absolute atomic E-state index is 0.123. The van der Waals surface area contributed by atoms with E-state index in [0.29, 0.717) is 17.9 Å². The van der Waals surface area contributed by atoms with Gasteiger partial charge in [-0.25, -0.2) is 0 Å². The molecule has 0 aliphatic carbocycles. The summed E-state index contributed by atoms with van der Waals surface area (Å²) < 4.78 is 5.15. The molecule has 0 saturated carbocycles. The van der Waals surface area contributed by atoms with Gasteiger partial charge in [-0.1, -0.05) is 36.0 Å². The summed E-state index contributed by atoms with van der Waals surface area (Å²) in [6.07, 6.45) is 0.722. The summed E-state index contributed by atoms with van der Waals surface area (Å²) in [6, 6.07) is 14.6. The number of hydrogen-bond donors (Lipinski definition) is 2. The number of amides is 3. The molecule has 1 fully saturated rings. The molecule has 1 heterocycles. The first kappa shape index (κ1) is 18.0. The number of carbonyl (C=O) groups excluding carboxylic acids is 3. The molecule has 2 aromatic carbocycles. The normalized spacial score (nSPS) is 16.3. The van der Waals surface area contributed by atoms with Crippen LogP contribution in [0.5, 0.6) is 5.75 Å². The second-order valence-corrected chi connectivity index (χ2v) is 7.04. The molecule has 6 nitrogen and oxygen atoms in total. The second kappa shape index (κ2) is 8.05. The minimum Gasteiger partial charge on any atom is -0.497 e. The van der Waals surface area contributed by atoms with Gasteiger partial charge in [-0.3, -0.25) is 19.7 Å². The summed E-state index contributed by atoms with van der Waals surface area (Å²) in [5.74, 6) is 0.338. The maximum atomic E-state index is 12.2. The summed E-state index contributed by atoms with van der Waals surface area (Å²) >= 11 is 1.01. The van der Waals surface area contributed by atoms with Crippen LogP contribution in [0.25, 0.3) is 0 Å². The SMILES string of the molecule is COc1cccc(CC(=O)Nc2ccc(CC3SC(=O)NC3=O)cc2)c1. The third-order valence-corrected chi connectivity index (χ3v) is 4.91. The van der Waals surface area contributed by atoms with E-state index in [1.165, 1.54) is 0 Å². The maximum Gasteiger partial charge on any atom is 0.286 e. The van der Waals surface area contributed by atoms with Crippen molar-refractivity contribution >= 4 is 34.5 Å². The number of hydrogen-bond acceptors (Lipinski definition) is 5. The summed E-state index contributed by atoms with van der Waals surface area (Å²) in [5.41, 5.74) is 2.48. The number of rotatable bonds is 6. The van der Waals surface area contributed by atoms with Crippen LogP contribution >= 0.6 is 11.8 Å². The van der Waals surface area contributed by atoms with Crippen LogP contribution in [0.3, 0.4) is 0 Å². The molecule has 2 N–H and O–H groups in total. The van der Waals surface area contributed by atoms with Gasteiger partial charge in [0.05, 0.1) is 18.8 Å². The van der Waals surface area contributed by atoms with E-state index < -0.39 is 5.25 Å². The zero-order valence-corrected chi connectivity index (χ0v) is 15.0. The van der Waals surface area contributed by atoms with E-state index >= 15 is 0 Å². The highest BCUT2D eigenvalue weighted by Crippen LogP contribution is 2.23. The molecule has 1 atom stereocenters. The number of anilines is 1. The lowest BCUT2D eigenvalue weighted by molar-refractivity contribution is -0.119. The van der Waals surface area contributed by atoms with Crippen molar-refractivity contribution in [2.24, 2.45) is 0 Å². The van der Waals surface area contributed by atoms with E-state index in [9.17, 15) is 14.4 Å². The van der Waals surface area contributed by atoms with E-state index in [1.54, 1.807) is 19.2 Å². The summed E-state index contributed by atoms with van der Waals surface area (Å²) in [7, 11) is 1.59. The van der Waals surface area contributed by atoms with Crippen molar-refractivity contribution in [2.45, 2.75) is 18.1 Å². The van der Waals surface area contributed by atoms with Gasteiger partial charge in [-0.15, -0.1) is 0 Å². The number of benzene rings is 2. The number of ether oxygens (including phenoxy) is 1. The van der Waals surface area contributed by atoms with Crippen molar-refractivity contribution in [3.05, 3.63) is 59.7 Å². The summed E-state index contributed by atoms with van der Waals surface area (Å²) in [6.45, 7) is 0. The van der Waals surface area contributed by atoms with Crippen molar-refractivity contribution in [2.75, 3.05) is 12.4 Å². The number of carbonyl (C=O) groups is 3. The molecule has 134 valence electrons. The molecule has 7 heteroatoms. The Morgan fingerprint density at radius 3 is 2.58 bits per heavy atom. The molecule has 1 saturated heterocycles. The van der Waals surface area contributed by atoms with Crippen molar-refractivity contribution < 1.29 is 19.1 Å². The molecule has 1 aliphatic heterocycles. The zero-order valence-electron chi connectivity index (χ0n) is 14.2. The number of methoxy groups -OCH3 is 1. The zero-order chi connectivity index (χ0) is 18.5. The first-order valence-corrected chi connectivity index (χ1v) is 8.94. The highest BCUT2D eigenvalue weighted by Gasteiger charge is 2.31. The van der Waals surface area contributed by atoms with Crippen LogP contribution in [0, 0.1) is 0 Å². The van der Waals surface area contributed by atoms with Crippen LogP contribution in [0.4, 0.5) is 10.5 Å². The lowest BCUT2D eigenvalue weighted by Gasteiger charge is -2.09. The topological polar surface area (TPSA) is 84.5 Å². The average molecular weight is 370 g/mol. The molecule has 0 spiro atoms. The van der Waals surface area contributed by atoms with Crippen LogP contribution < -0.4 is 15.4 Å². The van der Waals surface area contributed by atoms with Gasteiger partial charge >= 0.3 is 0 Å². The molecular formula is C19H18N2O4S. The predicted molar refractivity (Wildman–Crippen MR) is 100 cm³/mol. The third-order valence-electron chi connectivity index (χ3n) is 3.92. The van der Waals surface area contributed by atoms with Gasteiger partial charge in [0.25, 0.3) is 5.24 Å². The Hall–Kier alpha value is -2.80. The lowest BCUT2D eigenvalue weighted by atomic mass is 10.1. The first-order valence-electron chi connectivity index (χ1n) is 8.06. The fourth-order valence-corrected chi connectivity index (χ4v) is 3.50. The molecule has 2 aromatic rings. The highest BCUT2D eigenvalue weighted by atomic mass is 32.2. The van der Waals surface area contributed by atoms with E-state index in [2.05, 4.69) is 10.6 Å². The quantitative estimate of drug-likeness (QED) is 0.817. The smallest absolute Gasteiger partial charge is 0.286 e. The van der Waals surface area contributed by atoms with Gasteiger partial charge < -0.3 is 10.1 Å². The molecule has 0 aromatic heterocycles. The standard InChI is InChI=1S/C19H18N2O4S/c1-25-15-4-2-3-13(9-15)11-17(22)20-14-7-5-12(6-8-14)10-16-18(23)21-19(24)26-16/h2-9,16H,10-11H2,1H3,(H,20,22)(H,21,23,24). The average Bonchev–Trinajstić information content (AvgIpc) is 2.94. The number of imide groups is 1. The molecule has 1 aliphatic rings. The minimum atomic E-state index is -0.393. The van der Waals surface area contributed by atoms with Gasteiger partial charge in [-0.05, 0) is 41.8 Å². The fourth-order valence-electron chi connectivity index (χ4n) is 2.64. The lowest BCUT2D eigenvalue weighted by Crippen LogP contribution is -2.25. The van der Waals surface area contributed by atoms with Crippen LogP contribution in [0.1, 0.15) is 11.1 Å². The molecule has 1 unspecified atom stereocenters. The molecule has 3 amide bonds. The van der Waals surface area contributed by atoms with Gasteiger partial charge in [0, 0.05) is 5.69 Å². The fraction of sp³-hybridized carbons (Fsp3) is 0.211. The van der Waals surface area contributed by atoms with Crippen LogP contribution in [-0.2, 0) is 22.4 Å². The monoisotopic (exact) mass is 370 g/mol. The van der Waals surface area contributed by atoms with Crippen LogP contribution in [0.2, 0.25) is 0 Å². The third kappa shape index (κ3) is 4.64. The van der Waals surface area contributed by atoms with E-state index in [-0.39, 0.29) is 23.5 Å². The van der Waals surface area contributed by atoms with E-state index in [1.807, 2.05) is 36.4 Å². The summed E-state index contributed by atoms with van der Waals surface area (Å²) in [4.78, 5) is 35.0. The number of nitrogens with one attached hydrogen (secondary N) is 2. The first-order chi connectivity index (χ1) is 12.5. The Morgan fingerprint density at radius 1 is 1.15 bits per heavy atom. The van der Waals surface area contributed by atoms with Gasteiger partial charge in [-0.2, -0.15) is 0 Å². The molecule has 26 heavy (non-hydrogen) atoms. The van der Waals surface area contributed by atoms with Crippen LogP contribution in [-0.4, -0.2) is 29.4 Å². The largest absolute Gasteiger partial charge is 0.497 e. The highest BCUT2D eigenvalue weighted by molar-refractivity contribution is 8.15. The van der Waals surface area contributed by atoms with Gasteiger partial charge in [0.2, 0.25) is 11.8 Å². The van der Waals surface area contributed by atoms with Gasteiger partial charge in [0.15, 0.2) is 0 Å². The van der Waals surface area contributed by atoms with Crippen LogP contribution in [0.15, 0.2) is 48.5 Å². The predicted octanol–water partition coefficient (Wildman–Crippen LogP) is 2.77. The van der Waals surface area contributed by atoms with E-state index in [4.69, 9.17) is 4.74 Å². The van der Waals surface area contributed by atoms with Crippen molar-refractivity contribution in [3.63, 3.8) is 0 Å². The number of thioether (sulfide) groups is 1. The van der Waals surface area contributed by atoms with Gasteiger partial charge in [0.1, 0.15) is 5.75 Å². The van der Waals surface area contributed by atoms with E-state index in [0.717, 1.165) is 22.9 Å². The molecule has 3 rings (SSSR count). The Kier molecular flexibility index (Phi) is 5.58. The molecule has 0 radical (unpaired) electrons. The Morgan fingerprint density at radius 2 is 1.92 bits per heavy atom. The van der Waals surface area contributed by atoms with Crippen molar-refractivity contribution in [1.29, 1.82) is 0 Å². The summed E-state index contributed by atoms with van der Waals surface area (Å²) in [5, 5.41) is 4.42. The second-order valence-electron chi connectivity index (χ2n) is 5.86. The Labute approximate surface area is 155 Å². The maximum absolute atomic E-state index is 12.2. The molecular weight excluding hydrogens is 352 g/mol. The Balaban J connectivity index is 1.56. The van der Waals surface area contributed by atoms with Crippen molar-refractivity contribution in [3.8, 4) is 5.75 Å². The Bertz CT molecular complexity index is 836. The van der Waals surface area contributed by atoms with Crippen molar-refractivity contribution in [1.82, 2.24) is 5.32 Å². The molecule has 0 bridgehead atoms.